The van der Waals surface area contributed by atoms with Gasteiger partial charge >= 0.3 is 0 Å². The molecule has 0 radical (unpaired) electrons. The molecule has 0 unspecified atom stereocenters. The summed E-state index contributed by atoms with van der Waals surface area (Å²) in [5.74, 6) is 0.448. The number of nitrogen functional groups attached to an aromatic ring is 1. The van der Waals surface area contributed by atoms with Crippen LogP contribution in [-0.4, -0.2) is 26.2 Å². The molecule has 26 heavy (non-hydrogen) atoms. The topological polar surface area (TPSA) is 77.0 Å². The van der Waals surface area contributed by atoms with Crippen LogP contribution < -0.4 is 5.73 Å². The molecular formula is C21H20N4O. The normalized spacial score (nSPS) is 12.3. The number of fused-ring (bicyclic) bond motifs is 1. The molecule has 0 aliphatic heterocycles. The fraction of sp³-hybridized carbons (Fsp3) is 0.143. The summed E-state index contributed by atoms with van der Waals surface area (Å²) in [5, 5.41) is 10.9. The van der Waals surface area contributed by atoms with Crippen LogP contribution in [0.15, 0.2) is 73.2 Å². The van der Waals surface area contributed by atoms with Gasteiger partial charge in [-0.2, -0.15) is 0 Å². The highest BCUT2D eigenvalue weighted by atomic mass is 16.3. The van der Waals surface area contributed by atoms with Crippen LogP contribution in [0.1, 0.15) is 11.6 Å². The molecular weight excluding hydrogens is 324 g/mol. The Morgan fingerprint density at radius 1 is 0.962 bits per heavy atom. The molecule has 0 amide bonds. The van der Waals surface area contributed by atoms with Gasteiger partial charge < -0.3 is 15.4 Å². The van der Waals surface area contributed by atoms with Crippen molar-refractivity contribution < 1.29 is 5.11 Å². The van der Waals surface area contributed by atoms with Gasteiger partial charge in [0.05, 0.1) is 18.0 Å². The molecule has 0 saturated carbocycles. The maximum Gasteiger partial charge on any atom is 0.146 e. The summed E-state index contributed by atoms with van der Waals surface area (Å²) in [4.78, 5) is 8.63. The van der Waals surface area contributed by atoms with Crippen LogP contribution in [0.25, 0.3) is 22.2 Å². The van der Waals surface area contributed by atoms with Crippen molar-refractivity contribution in [1.29, 1.82) is 0 Å². The number of aromatic nitrogens is 3. The largest absolute Gasteiger partial charge is 0.394 e. The first-order valence-electron chi connectivity index (χ1n) is 8.59. The van der Waals surface area contributed by atoms with E-state index in [9.17, 15) is 5.11 Å². The molecule has 0 spiro atoms. The van der Waals surface area contributed by atoms with E-state index < -0.39 is 0 Å². The Morgan fingerprint density at radius 2 is 1.65 bits per heavy atom. The van der Waals surface area contributed by atoms with E-state index >= 15 is 0 Å². The molecule has 0 bridgehead atoms. The summed E-state index contributed by atoms with van der Waals surface area (Å²) in [6, 6.07) is 20.0. The second-order valence-corrected chi connectivity index (χ2v) is 6.30. The van der Waals surface area contributed by atoms with Crippen LogP contribution in [0, 0.1) is 0 Å². The molecule has 2 heterocycles. The van der Waals surface area contributed by atoms with Gasteiger partial charge in [0.25, 0.3) is 0 Å². The van der Waals surface area contributed by atoms with Gasteiger partial charge in [0.15, 0.2) is 0 Å². The Kier molecular flexibility index (Phi) is 4.37. The highest BCUT2D eigenvalue weighted by Crippen LogP contribution is 2.34. The molecule has 2 aromatic carbocycles. The molecule has 5 heteroatoms. The van der Waals surface area contributed by atoms with Crippen molar-refractivity contribution in [2.45, 2.75) is 12.5 Å². The summed E-state index contributed by atoms with van der Waals surface area (Å²) in [5.41, 5.74) is 10.1. The van der Waals surface area contributed by atoms with E-state index in [1.165, 1.54) is 6.33 Å². The van der Waals surface area contributed by atoms with Gasteiger partial charge in [0.2, 0.25) is 0 Å². The highest BCUT2D eigenvalue weighted by molar-refractivity contribution is 6.00. The Bertz CT molecular complexity index is 1010. The molecule has 1 atom stereocenters. The molecule has 2 aromatic heterocycles. The van der Waals surface area contributed by atoms with Gasteiger partial charge in [-0.25, -0.2) is 9.97 Å². The SMILES string of the molecule is Nc1ncnc2c1c(-c1ccccc1)cn2[C@@H](CO)Cc1ccccc1. The number of nitrogens with zero attached hydrogens (tertiary/aromatic N) is 3. The summed E-state index contributed by atoms with van der Waals surface area (Å²) in [6.07, 6.45) is 4.20. The zero-order valence-electron chi connectivity index (χ0n) is 14.3. The van der Waals surface area contributed by atoms with E-state index in [4.69, 9.17) is 5.73 Å². The van der Waals surface area contributed by atoms with Gasteiger partial charge in [-0.05, 0) is 17.5 Å². The summed E-state index contributed by atoms with van der Waals surface area (Å²) in [6.45, 7) is 0.0107. The highest BCUT2D eigenvalue weighted by Gasteiger charge is 2.20. The van der Waals surface area contributed by atoms with Crippen LogP contribution >= 0.6 is 0 Å². The zero-order valence-corrected chi connectivity index (χ0v) is 14.3. The first kappa shape index (κ1) is 16.3. The first-order valence-corrected chi connectivity index (χ1v) is 8.59. The minimum absolute atomic E-state index is 0.0107. The van der Waals surface area contributed by atoms with Crippen molar-refractivity contribution in [1.82, 2.24) is 14.5 Å². The maximum atomic E-state index is 10.1. The van der Waals surface area contributed by atoms with E-state index in [0.29, 0.717) is 12.2 Å². The van der Waals surface area contributed by atoms with Crippen LogP contribution in [-0.2, 0) is 6.42 Å². The second kappa shape index (κ2) is 6.98. The number of anilines is 1. The minimum atomic E-state index is -0.133. The van der Waals surface area contributed by atoms with Crippen molar-refractivity contribution in [3.63, 3.8) is 0 Å². The lowest BCUT2D eigenvalue weighted by atomic mass is 10.1. The van der Waals surface area contributed by atoms with Crippen LogP contribution in [0.3, 0.4) is 0 Å². The predicted molar refractivity (Wildman–Crippen MR) is 104 cm³/mol. The third-order valence-electron chi connectivity index (χ3n) is 4.64. The molecule has 0 aliphatic rings. The lowest BCUT2D eigenvalue weighted by molar-refractivity contribution is 0.230. The minimum Gasteiger partial charge on any atom is -0.394 e. The fourth-order valence-electron chi connectivity index (χ4n) is 3.36. The third-order valence-corrected chi connectivity index (χ3v) is 4.64. The molecule has 4 rings (SSSR count). The van der Waals surface area contributed by atoms with Gasteiger partial charge in [-0.3, -0.25) is 0 Å². The maximum absolute atomic E-state index is 10.1. The predicted octanol–water partition coefficient (Wildman–Crippen LogP) is 3.46. The Balaban J connectivity index is 1.86. The fourth-order valence-corrected chi connectivity index (χ4v) is 3.36. The lowest BCUT2D eigenvalue weighted by Crippen LogP contribution is -2.15. The molecule has 130 valence electrons. The van der Waals surface area contributed by atoms with Crippen molar-refractivity contribution >= 4 is 16.9 Å². The number of hydrogen-bond acceptors (Lipinski definition) is 4. The van der Waals surface area contributed by atoms with Gasteiger partial charge in [0, 0.05) is 11.8 Å². The number of aliphatic hydroxyl groups excluding tert-OH is 1. The van der Waals surface area contributed by atoms with Crippen molar-refractivity contribution in [2.75, 3.05) is 12.3 Å². The summed E-state index contributed by atoms with van der Waals surface area (Å²) >= 11 is 0. The molecule has 4 aromatic rings. The summed E-state index contributed by atoms with van der Waals surface area (Å²) in [7, 11) is 0. The van der Waals surface area contributed by atoms with Crippen LogP contribution in [0.2, 0.25) is 0 Å². The number of rotatable bonds is 5. The lowest BCUT2D eigenvalue weighted by Gasteiger charge is -2.17. The van der Waals surface area contributed by atoms with Crippen LogP contribution in [0.5, 0.6) is 0 Å². The van der Waals surface area contributed by atoms with Crippen molar-refractivity contribution in [2.24, 2.45) is 0 Å². The number of hydrogen-bond donors (Lipinski definition) is 2. The Labute approximate surface area is 151 Å². The Morgan fingerprint density at radius 3 is 2.35 bits per heavy atom. The third kappa shape index (κ3) is 2.93. The number of benzene rings is 2. The van der Waals surface area contributed by atoms with Gasteiger partial charge in [0.1, 0.15) is 17.8 Å². The van der Waals surface area contributed by atoms with Crippen molar-refractivity contribution in [3.05, 3.63) is 78.8 Å². The monoisotopic (exact) mass is 344 g/mol. The Hall–Kier alpha value is -3.18. The van der Waals surface area contributed by atoms with Gasteiger partial charge in [-0.15, -0.1) is 0 Å². The van der Waals surface area contributed by atoms with E-state index in [1.807, 2.05) is 59.3 Å². The van der Waals surface area contributed by atoms with E-state index in [1.54, 1.807) is 0 Å². The molecule has 0 saturated heterocycles. The van der Waals surface area contributed by atoms with Gasteiger partial charge in [-0.1, -0.05) is 60.7 Å². The van der Waals surface area contributed by atoms with Crippen molar-refractivity contribution in [3.8, 4) is 11.1 Å². The quantitative estimate of drug-likeness (QED) is 0.581. The van der Waals surface area contributed by atoms with E-state index in [-0.39, 0.29) is 12.6 Å². The summed E-state index contributed by atoms with van der Waals surface area (Å²) < 4.78 is 2.02. The smallest absolute Gasteiger partial charge is 0.146 e. The van der Waals surface area contributed by atoms with E-state index in [2.05, 4.69) is 22.1 Å². The second-order valence-electron chi connectivity index (χ2n) is 6.30. The number of aliphatic hydroxyl groups is 1. The molecule has 3 N–H and O–H groups in total. The zero-order chi connectivity index (χ0) is 17.9. The first-order chi connectivity index (χ1) is 12.8. The average molecular weight is 344 g/mol. The number of nitrogens with two attached hydrogens (primary N) is 1. The van der Waals surface area contributed by atoms with Crippen LogP contribution in [0.4, 0.5) is 5.82 Å². The standard InChI is InChI=1S/C21H20N4O/c22-20-19-18(16-9-5-2-6-10-16)12-25(21(19)24-14-23-20)17(13-26)11-15-7-3-1-4-8-15/h1-10,12,14,17,26H,11,13H2,(H2,22,23,24)/t17-/m1/s1. The average Bonchev–Trinajstić information content (AvgIpc) is 3.08. The molecule has 0 fully saturated rings. The van der Waals surface area contributed by atoms with E-state index in [0.717, 1.165) is 27.7 Å². The molecule has 5 nitrogen and oxygen atoms in total. The molecule has 0 aliphatic carbocycles.